The molecular formula is C17H20N4O4. The zero-order valence-electron chi connectivity index (χ0n) is 13.9. The minimum atomic E-state index is -0.422. The van der Waals surface area contributed by atoms with Crippen LogP contribution in [0.3, 0.4) is 0 Å². The molecule has 1 saturated heterocycles. The van der Waals surface area contributed by atoms with Crippen molar-refractivity contribution in [2.24, 2.45) is 0 Å². The molecule has 0 radical (unpaired) electrons. The summed E-state index contributed by atoms with van der Waals surface area (Å²) in [5, 5.41) is 9.94. The number of hydrogen-bond donors (Lipinski definition) is 2. The second-order valence-corrected chi connectivity index (χ2v) is 5.77. The molecule has 1 aliphatic rings. The molecule has 1 atom stereocenters. The molecule has 2 aromatic rings. The third-order valence-corrected chi connectivity index (χ3v) is 4.02. The molecule has 2 N–H and O–H groups in total. The Bertz CT molecular complexity index is 753. The molecule has 1 aromatic carbocycles. The smallest absolute Gasteiger partial charge is 0.337 e. The Morgan fingerprint density at radius 3 is 3.08 bits per heavy atom. The highest BCUT2D eigenvalue weighted by Gasteiger charge is 2.21. The third-order valence-electron chi connectivity index (χ3n) is 4.02. The summed E-state index contributed by atoms with van der Waals surface area (Å²) in [6, 6.07) is 6.72. The van der Waals surface area contributed by atoms with Crippen molar-refractivity contribution in [3.63, 3.8) is 0 Å². The molecule has 1 amide bonds. The van der Waals surface area contributed by atoms with E-state index in [2.05, 4.69) is 20.8 Å². The molecule has 0 bridgehead atoms. The number of methoxy groups -OCH3 is 1. The fourth-order valence-corrected chi connectivity index (χ4v) is 2.70. The van der Waals surface area contributed by atoms with E-state index in [-0.39, 0.29) is 11.9 Å². The predicted molar refractivity (Wildman–Crippen MR) is 88.8 cm³/mol. The van der Waals surface area contributed by atoms with Gasteiger partial charge in [0, 0.05) is 18.5 Å². The summed E-state index contributed by atoms with van der Waals surface area (Å²) in [7, 11) is 1.33. The maximum atomic E-state index is 11.9. The van der Waals surface area contributed by atoms with Crippen molar-refractivity contribution in [3.05, 3.63) is 35.7 Å². The summed E-state index contributed by atoms with van der Waals surface area (Å²) < 4.78 is 9.91. The van der Waals surface area contributed by atoms with Gasteiger partial charge in [0.15, 0.2) is 0 Å². The first-order valence-corrected chi connectivity index (χ1v) is 8.20. The average molecular weight is 344 g/mol. The number of aromatic nitrogens is 2. The second kappa shape index (κ2) is 7.89. The summed E-state index contributed by atoms with van der Waals surface area (Å²) in [6.45, 7) is 1.32. The lowest BCUT2D eigenvalue weighted by atomic mass is 10.1. The zero-order valence-corrected chi connectivity index (χ0v) is 13.9. The van der Waals surface area contributed by atoms with Gasteiger partial charge >= 0.3 is 5.97 Å². The van der Waals surface area contributed by atoms with Gasteiger partial charge in [0.25, 0.3) is 0 Å². The predicted octanol–water partition coefficient (Wildman–Crippen LogP) is 0.934. The summed E-state index contributed by atoms with van der Waals surface area (Å²) in [6.07, 6.45) is 2.34. The number of ether oxygens (including phenoxy) is 1. The van der Waals surface area contributed by atoms with Crippen molar-refractivity contribution in [1.82, 2.24) is 20.8 Å². The first-order chi connectivity index (χ1) is 12.2. The van der Waals surface area contributed by atoms with Crippen LogP contribution in [0, 0.1) is 0 Å². The van der Waals surface area contributed by atoms with E-state index in [9.17, 15) is 9.59 Å². The molecule has 132 valence electrons. The highest BCUT2D eigenvalue weighted by molar-refractivity contribution is 5.90. The molecule has 1 fully saturated rings. The molecule has 1 aromatic heterocycles. The lowest BCUT2D eigenvalue weighted by Gasteiger charge is -2.09. The van der Waals surface area contributed by atoms with Gasteiger partial charge in [0.05, 0.1) is 18.7 Å². The molecule has 8 nitrogen and oxygen atoms in total. The largest absolute Gasteiger partial charge is 0.465 e. The maximum Gasteiger partial charge on any atom is 0.337 e. The molecule has 0 aliphatic carbocycles. The van der Waals surface area contributed by atoms with Crippen LogP contribution in [0.2, 0.25) is 0 Å². The maximum absolute atomic E-state index is 11.9. The Hall–Kier alpha value is -2.74. The number of hydrogen-bond acceptors (Lipinski definition) is 7. The van der Waals surface area contributed by atoms with Gasteiger partial charge in [-0.15, -0.1) is 0 Å². The Labute approximate surface area is 144 Å². The third kappa shape index (κ3) is 4.21. The summed E-state index contributed by atoms with van der Waals surface area (Å²) >= 11 is 0. The van der Waals surface area contributed by atoms with E-state index in [4.69, 9.17) is 9.26 Å². The SMILES string of the molecule is COC(=O)c1cccc(-c2noc(CCNC(=O)C3CCCN3)n2)c1. The summed E-state index contributed by atoms with van der Waals surface area (Å²) in [5.41, 5.74) is 1.08. The van der Waals surface area contributed by atoms with Crippen LogP contribution in [-0.4, -0.2) is 48.3 Å². The van der Waals surface area contributed by atoms with Crippen molar-refractivity contribution in [3.8, 4) is 11.4 Å². The number of esters is 1. The lowest BCUT2D eigenvalue weighted by Crippen LogP contribution is -2.41. The van der Waals surface area contributed by atoms with Crippen LogP contribution in [-0.2, 0) is 16.0 Å². The van der Waals surface area contributed by atoms with Crippen molar-refractivity contribution in [2.75, 3.05) is 20.2 Å². The number of nitrogens with one attached hydrogen (secondary N) is 2. The summed E-state index contributed by atoms with van der Waals surface area (Å²) in [4.78, 5) is 27.8. The molecule has 8 heteroatoms. The normalized spacial score (nSPS) is 16.6. The van der Waals surface area contributed by atoms with Gasteiger partial charge < -0.3 is 19.9 Å². The van der Waals surface area contributed by atoms with Gasteiger partial charge in [-0.3, -0.25) is 4.79 Å². The van der Waals surface area contributed by atoms with E-state index in [0.717, 1.165) is 19.4 Å². The molecule has 2 heterocycles. The molecule has 0 saturated carbocycles. The van der Waals surface area contributed by atoms with Crippen molar-refractivity contribution in [1.29, 1.82) is 0 Å². The van der Waals surface area contributed by atoms with Crippen LogP contribution in [0.25, 0.3) is 11.4 Å². The highest BCUT2D eigenvalue weighted by Crippen LogP contribution is 2.18. The van der Waals surface area contributed by atoms with Gasteiger partial charge in [-0.25, -0.2) is 4.79 Å². The van der Waals surface area contributed by atoms with Gasteiger partial charge in [0.2, 0.25) is 17.6 Å². The molecular weight excluding hydrogens is 324 g/mol. The first kappa shape index (κ1) is 17.1. The number of carbonyl (C=O) groups is 2. The lowest BCUT2D eigenvalue weighted by molar-refractivity contribution is -0.122. The van der Waals surface area contributed by atoms with Crippen molar-refractivity contribution >= 4 is 11.9 Å². The van der Waals surface area contributed by atoms with Crippen LogP contribution < -0.4 is 10.6 Å². The average Bonchev–Trinajstić information content (AvgIpc) is 3.33. The van der Waals surface area contributed by atoms with Gasteiger partial charge in [-0.05, 0) is 31.5 Å². The molecule has 1 aliphatic heterocycles. The standard InChI is InChI=1S/C17H20N4O4/c1-24-17(23)12-5-2-4-11(10-12)15-20-14(25-21-15)7-9-19-16(22)13-6-3-8-18-13/h2,4-5,10,13,18H,3,6-9H2,1H3,(H,19,22). The fraction of sp³-hybridized carbons (Fsp3) is 0.412. The van der Waals surface area contributed by atoms with Crippen molar-refractivity contribution in [2.45, 2.75) is 25.3 Å². The Morgan fingerprint density at radius 2 is 2.32 bits per heavy atom. The number of nitrogens with zero attached hydrogens (tertiary/aromatic N) is 2. The molecule has 3 rings (SSSR count). The van der Waals surface area contributed by atoms with Crippen LogP contribution in [0.15, 0.2) is 28.8 Å². The molecule has 1 unspecified atom stereocenters. The Kier molecular flexibility index (Phi) is 5.39. The minimum Gasteiger partial charge on any atom is -0.465 e. The molecule has 0 spiro atoms. The van der Waals surface area contributed by atoms with Crippen LogP contribution in [0.4, 0.5) is 0 Å². The Morgan fingerprint density at radius 1 is 1.44 bits per heavy atom. The summed E-state index contributed by atoms with van der Waals surface area (Å²) in [5.74, 6) is 0.402. The second-order valence-electron chi connectivity index (χ2n) is 5.77. The van der Waals surface area contributed by atoms with Gasteiger partial charge in [-0.2, -0.15) is 4.98 Å². The van der Waals surface area contributed by atoms with Gasteiger partial charge in [0.1, 0.15) is 0 Å². The topological polar surface area (TPSA) is 106 Å². The van der Waals surface area contributed by atoms with Crippen LogP contribution in [0.5, 0.6) is 0 Å². The quantitative estimate of drug-likeness (QED) is 0.751. The fourth-order valence-electron chi connectivity index (χ4n) is 2.70. The van der Waals surface area contributed by atoms with E-state index in [1.165, 1.54) is 7.11 Å². The van der Waals surface area contributed by atoms with E-state index < -0.39 is 5.97 Å². The van der Waals surface area contributed by atoms with Crippen LogP contribution in [0.1, 0.15) is 29.1 Å². The number of amides is 1. The number of benzene rings is 1. The van der Waals surface area contributed by atoms with Gasteiger partial charge in [-0.1, -0.05) is 17.3 Å². The first-order valence-electron chi connectivity index (χ1n) is 8.20. The van der Waals surface area contributed by atoms with E-state index in [0.29, 0.717) is 35.8 Å². The van der Waals surface area contributed by atoms with E-state index in [1.807, 2.05) is 0 Å². The molecule has 25 heavy (non-hydrogen) atoms. The Balaban J connectivity index is 1.57. The minimum absolute atomic E-state index is 0.00279. The monoisotopic (exact) mass is 344 g/mol. The van der Waals surface area contributed by atoms with Crippen molar-refractivity contribution < 1.29 is 18.8 Å². The highest BCUT2D eigenvalue weighted by atomic mass is 16.5. The van der Waals surface area contributed by atoms with Crippen LogP contribution >= 0.6 is 0 Å². The number of rotatable bonds is 6. The van der Waals surface area contributed by atoms with E-state index in [1.54, 1.807) is 24.3 Å². The zero-order chi connectivity index (χ0) is 17.6. The van der Waals surface area contributed by atoms with E-state index >= 15 is 0 Å². The number of carbonyl (C=O) groups excluding carboxylic acids is 2.